The van der Waals surface area contributed by atoms with Crippen LogP contribution in [0.4, 0.5) is 4.79 Å². The average molecular weight is 363 g/mol. The highest BCUT2D eigenvalue weighted by Gasteiger charge is 2.20. The maximum atomic E-state index is 12.3. The van der Waals surface area contributed by atoms with E-state index in [1.54, 1.807) is 6.20 Å². The molecule has 1 saturated heterocycles. The van der Waals surface area contributed by atoms with Crippen LogP contribution in [0.3, 0.4) is 0 Å². The number of hydrogen-bond donors (Lipinski definition) is 2. The molecule has 1 aliphatic heterocycles. The molecule has 4 rings (SSSR count). The van der Waals surface area contributed by atoms with E-state index in [2.05, 4.69) is 50.6 Å². The average Bonchev–Trinajstić information content (AvgIpc) is 3.15. The topological polar surface area (TPSA) is 64.3 Å². The minimum absolute atomic E-state index is 0.00284. The zero-order valence-corrected chi connectivity index (χ0v) is 15.4. The number of aromatic nitrogens is 2. The van der Waals surface area contributed by atoms with Crippen LogP contribution in [0.15, 0.2) is 54.9 Å². The smallest absolute Gasteiger partial charge is 0.317 e. The second-order valence-electron chi connectivity index (χ2n) is 6.92. The Morgan fingerprint density at radius 3 is 2.70 bits per heavy atom. The summed E-state index contributed by atoms with van der Waals surface area (Å²) in [6.45, 7) is 4.86. The summed E-state index contributed by atoms with van der Waals surface area (Å²) in [5.41, 5.74) is 3.44. The molecule has 0 aliphatic carbocycles. The van der Waals surface area contributed by atoms with Gasteiger partial charge in [0, 0.05) is 56.0 Å². The maximum absolute atomic E-state index is 12.3. The number of rotatable bonds is 5. The van der Waals surface area contributed by atoms with Crippen molar-refractivity contribution in [2.45, 2.75) is 13.0 Å². The first-order chi connectivity index (χ1) is 13.3. The van der Waals surface area contributed by atoms with Crippen LogP contribution >= 0.6 is 0 Å². The highest BCUT2D eigenvalue weighted by molar-refractivity contribution is 5.83. The lowest BCUT2D eigenvalue weighted by Crippen LogP contribution is -2.51. The second-order valence-corrected chi connectivity index (χ2v) is 6.92. The van der Waals surface area contributed by atoms with Crippen LogP contribution in [0.2, 0.25) is 0 Å². The fourth-order valence-corrected chi connectivity index (χ4v) is 3.57. The van der Waals surface area contributed by atoms with Crippen LogP contribution in [-0.4, -0.2) is 58.5 Å². The highest BCUT2D eigenvalue weighted by atomic mass is 16.2. The van der Waals surface area contributed by atoms with Crippen LogP contribution in [0.25, 0.3) is 10.9 Å². The van der Waals surface area contributed by atoms with E-state index in [0.717, 1.165) is 44.8 Å². The monoisotopic (exact) mass is 363 g/mol. The molecule has 0 saturated carbocycles. The quantitative estimate of drug-likeness (QED) is 0.732. The van der Waals surface area contributed by atoms with Crippen LogP contribution in [0.5, 0.6) is 0 Å². The lowest BCUT2D eigenvalue weighted by molar-refractivity contribution is 0.140. The number of benzene rings is 1. The summed E-state index contributed by atoms with van der Waals surface area (Å²) in [5.74, 6) is 0. The van der Waals surface area contributed by atoms with Gasteiger partial charge >= 0.3 is 6.03 Å². The highest BCUT2D eigenvalue weighted by Crippen LogP contribution is 2.18. The molecular weight excluding hydrogens is 338 g/mol. The van der Waals surface area contributed by atoms with Gasteiger partial charge in [-0.25, -0.2) is 4.79 Å². The standard InChI is InChI=1S/C21H25N5O/c27-21(24-16-18-5-3-4-9-22-18)26-13-11-25(12-14-26)10-8-17-15-23-20-7-2-1-6-19(17)20/h1-7,9,15,23H,8,10-14,16H2,(H,24,27). The SMILES string of the molecule is O=C(NCc1ccccn1)N1CCN(CCc2c[nH]c3ccccc23)CC1. The number of piperazine rings is 1. The second kappa shape index (κ2) is 8.22. The molecule has 1 aliphatic rings. The fraction of sp³-hybridized carbons (Fsp3) is 0.333. The molecule has 27 heavy (non-hydrogen) atoms. The van der Waals surface area contributed by atoms with Gasteiger partial charge in [0.1, 0.15) is 0 Å². The molecule has 1 aromatic carbocycles. The number of carbonyl (C=O) groups is 1. The number of nitrogens with zero attached hydrogens (tertiary/aromatic N) is 3. The summed E-state index contributed by atoms with van der Waals surface area (Å²) in [5, 5.41) is 4.27. The number of carbonyl (C=O) groups excluding carboxylic acids is 1. The van der Waals surface area contributed by atoms with Crippen molar-refractivity contribution in [3.05, 3.63) is 66.1 Å². The van der Waals surface area contributed by atoms with Crippen molar-refractivity contribution in [1.82, 2.24) is 25.1 Å². The van der Waals surface area contributed by atoms with Gasteiger partial charge in [-0.1, -0.05) is 24.3 Å². The molecule has 140 valence electrons. The molecule has 2 N–H and O–H groups in total. The molecule has 6 nitrogen and oxygen atoms in total. The molecule has 0 atom stereocenters. The molecule has 1 fully saturated rings. The minimum Gasteiger partial charge on any atom is -0.361 e. The zero-order valence-electron chi connectivity index (χ0n) is 15.4. The Morgan fingerprint density at radius 2 is 1.89 bits per heavy atom. The third-order valence-electron chi connectivity index (χ3n) is 5.18. The van der Waals surface area contributed by atoms with E-state index in [4.69, 9.17) is 0 Å². The van der Waals surface area contributed by atoms with Crippen LogP contribution < -0.4 is 5.32 Å². The maximum Gasteiger partial charge on any atom is 0.317 e. The van der Waals surface area contributed by atoms with E-state index in [9.17, 15) is 4.79 Å². The lowest BCUT2D eigenvalue weighted by atomic mass is 10.1. The minimum atomic E-state index is -0.00284. The van der Waals surface area contributed by atoms with Gasteiger partial charge in [0.2, 0.25) is 0 Å². The van der Waals surface area contributed by atoms with Gasteiger partial charge in [0.05, 0.1) is 12.2 Å². The Hall–Kier alpha value is -2.86. The van der Waals surface area contributed by atoms with E-state index in [-0.39, 0.29) is 6.03 Å². The number of pyridine rings is 1. The van der Waals surface area contributed by atoms with Crippen molar-refractivity contribution < 1.29 is 4.79 Å². The number of H-pyrrole nitrogens is 1. The van der Waals surface area contributed by atoms with Crippen molar-refractivity contribution in [3.63, 3.8) is 0 Å². The van der Waals surface area contributed by atoms with Crippen LogP contribution in [0.1, 0.15) is 11.3 Å². The number of nitrogens with one attached hydrogen (secondary N) is 2. The van der Waals surface area contributed by atoms with Gasteiger partial charge in [0.15, 0.2) is 0 Å². The normalized spacial score (nSPS) is 15.2. The predicted molar refractivity (Wildman–Crippen MR) is 106 cm³/mol. The van der Waals surface area contributed by atoms with E-state index >= 15 is 0 Å². The van der Waals surface area contributed by atoms with Crippen LogP contribution in [-0.2, 0) is 13.0 Å². The molecule has 2 amide bonds. The first-order valence-electron chi connectivity index (χ1n) is 9.49. The molecule has 2 aromatic heterocycles. The largest absolute Gasteiger partial charge is 0.361 e. The van der Waals surface area contributed by atoms with E-state index in [1.165, 1.54) is 16.5 Å². The van der Waals surface area contributed by atoms with Crippen molar-refractivity contribution in [2.75, 3.05) is 32.7 Å². The van der Waals surface area contributed by atoms with Crippen molar-refractivity contribution in [1.29, 1.82) is 0 Å². The van der Waals surface area contributed by atoms with Gasteiger partial charge in [-0.3, -0.25) is 9.88 Å². The summed E-state index contributed by atoms with van der Waals surface area (Å²) in [4.78, 5) is 24.2. The Bertz CT molecular complexity index is 884. The summed E-state index contributed by atoms with van der Waals surface area (Å²) in [6, 6.07) is 14.1. The predicted octanol–water partition coefficient (Wildman–Crippen LogP) is 2.63. The third-order valence-corrected chi connectivity index (χ3v) is 5.18. The molecule has 0 unspecified atom stereocenters. The summed E-state index contributed by atoms with van der Waals surface area (Å²) < 4.78 is 0. The van der Waals surface area contributed by atoms with E-state index < -0.39 is 0 Å². The van der Waals surface area contributed by atoms with Crippen molar-refractivity contribution >= 4 is 16.9 Å². The zero-order chi connectivity index (χ0) is 18.5. The molecule has 3 heterocycles. The molecule has 0 radical (unpaired) electrons. The number of aromatic amines is 1. The van der Waals surface area contributed by atoms with E-state index in [0.29, 0.717) is 6.54 Å². The van der Waals surface area contributed by atoms with Gasteiger partial charge in [-0.05, 0) is 30.2 Å². The summed E-state index contributed by atoms with van der Waals surface area (Å²) in [6.07, 6.45) is 4.88. The number of urea groups is 1. The Labute approximate surface area is 159 Å². The van der Waals surface area contributed by atoms with E-state index in [1.807, 2.05) is 23.1 Å². The molecule has 3 aromatic rings. The van der Waals surface area contributed by atoms with Gasteiger partial charge in [0.25, 0.3) is 0 Å². The van der Waals surface area contributed by atoms with Crippen molar-refractivity contribution in [2.24, 2.45) is 0 Å². The first kappa shape index (κ1) is 17.5. The summed E-state index contributed by atoms with van der Waals surface area (Å²) >= 11 is 0. The molecule has 0 spiro atoms. The summed E-state index contributed by atoms with van der Waals surface area (Å²) in [7, 11) is 0. The van der Waals surface area contributed by atoms with Gasteiger partial charge in [-0.2, -0.15) is 0 Å². The fourth-order valence-electron chi connectivity index (χ4n) is 3.57. The van der Waals surface area contributed by atoms with Gasteiger partial charge < -0.3 is 15.2 Å². The number of hydrogen-bond acceptors (Lipinski definition) is 3. The molecular formula is C21H25N5O. The number of para-hydroxylation sites is 1. The lowest BCUT2D eigenvalue weighted by Gasteiger charge is -2.34. The van der Waals surface area contributed by atoms with Crippen LogP contribution in [0, 0.1) is 0 Å². The Morgan fingerprint density at radius 1 is 1.07 bits per heavy atom. The Balaban J connectivity index is 1.22. The molecule has 0 bridgehead atoms. The number of amides is 2. The Kier molecular flexibility index (Phi) is 5.34. The van der Waals surface area contributed by atoms with Gasteiger partial charge in [-0.15, -0.1) is 0 Å². The third kappa shape index (κ3) is 4.28. The number of fused-ring (bicyclic) bond motifs is 1. The van der Waals surface area contributed by atoms with Crippen molar-refractivity contribution in [3.8, 4) is 0 Å². The molecule has 6 heteroatoms. The first-order valence-corrected chi connectivity index (χ1v) is 9.49.